The highest BCUT2D eigenvalue weighted by Gasteiger charge is 2.30. The number of hydrogen-bond acceptors (Lipinski definition) is 9. The first-order valence-corrected chi connectivity index (χ1v) is 16.1. The summed E-state index contributed by atoms with van der Waals surface area (Å²) in [5.74, 6) is -0.0473. The summed E-state index contributed by atoms with van der Waals surface area (Å²) >= 11 is 1.21. The summed E-state index contributed by atoms with van der Waals surface area (Å²) in [5, 5.41) is 3.37. The molecular weight excluding hydrogens is 564 g/mol. The van der Waals surface area contributed by atoms with Crippen molar-refractivity contribution in [2.45, 2.75) is 42.9 Å². The molecule has 1 saturated heterocycles. The van der Waals surface area contributed by atoms with Gasteiger partial charge in [0.2, 0.25) is 21.8 Å². The molecule has 11 nitrogen and oxygen atoms in total. The van der Waals surface area contributed by atoms with Crippen molar-refractivity contribution in [3.05, 3.63) is 42.0 Å². The summed E-state index contributed by atoms with van der Waals surface area (Å²) in [6.07, 6.45) is 4.63. The van der Waals surface area contributed by atoms with Gasteiger partial charge < -0.3 is 19.9 Å². The minimum Gasteiger partial charge on any atom is -0.391 e. The van der Waals surface area contributed by atoms with Gasteiger partial charge in [-0.05, 0) is 43.1 Å². The first-order chi connectivity index (χ1) is 19.6. The number of thiazole rings is 1. The number of piperazine rings is 1. The zero-order chi connectivity index (χ0) is 29.1. The van der Waals surface area contributed by atoms with Crippen molar-refractivity contribution < 1.29 is 22.7 Å². The number of benzene rings is 1. The third-order valence-corrected chi connectivity index (χ3v) is 10.6. The highest BCUT2D eigenvalue weighted by Crippen LogP contribution is 2.36. The van der Waals surface area contributed by atoms with Crippen LogP contribution in [0.25, 0.3) is 10.3 Å². The fourth-order valence-corrected chi connectivity index (χ4v) is 7.56. The molecule has 0 spiro atoms. The minimum atomic E-state index is -3.59. The zero-order valence-corrected chi connectivity index (χ0v) is 25.2. The fraction of sp³-hybridized carbons (Fsp3) is 0.500. The van der Waals surface area contributed by atoms with Gasteiger partial charge >= 0.3 is 6.09 Å². The van der Waals surface area contributed by atoms with E-state index >= 15 is 0 Å². The van der Waals surface area contributed by atoms with E-state index in [4.69, 9.17) is 4.74 Å². The Bertz CT molecular complexity index is 1490. The molecule has 1 aliphatic carbocycles. The largest absolute Gasteiger partial charge is 0.416 e. The lowest BCUT2D eigenvalue weighted by Crippen LogP contribution is -2.47. The molecule has 5 rings (SSSR count). The number of amides is 2. The van der Waals surface area contributed by atoms with E-state index in [1.54, 1.807) is 50.5 Å². The van der Waals surface area contributed by atoms with E-state index in [1.165, 1.54) is 20.5 Å². The average molecular weight is 601 g/mol. The lowest BCUT2D eigenvalue weighted by atomic mass is 9.87. The molecule has 1 N–H and O–H groups in total. The third kappa shape index (κ3) is 6.85. The second-order valence-corrected chi connectivity index (χ2v) is 13.9. The Morgan fingerprint density at radius 1 is 1.05 bits per heavy atom. The van der Waals surface area contributed by atoms with E-state index in [0.29, 0.717) is 54.0 Å². The molecule has 41 heavy (non-hydrogen) atoms. The standard InChI is InChI=1S/C28H36N6O5S2/c1-32(2)28(36)39-24-13-12-23-26(30-24)40-27(29-23)31-25(35)22(18-19-6-4-5-7-19)20-8-10-21(11-9-20)41(37,38)34-16-14-33(3)15-17-34/h8-13,19,22H,4-7,14-18H2,1-3H3,(H,29,31,35)/t22-/m1/s1. The number of rotatable bonds is 8. The van der Waals surface area contributed by atoms with Gasteiger partial charge in [0.1, 0.15) is 10.3 Å². The Kier molecular flexibility index (Phi) is 8.88. The van der Waals surface area contributed by atoms with Crippen LogP contribution in [0.4, 0.5) is 9.93 Å². The molecule has 2 fully saturated rings. The van der Waals surface area contributed by atoms with E-state index in [1.807, 2.05) is 7.05 Å². The van der Waals surface area contributed by atoms with Gasteiger partial charge in [0.05, 0.1) is 10.8 Å². The number of sulfonamides is 1. The van der Waals surface area contributed by atoms with E-state index in [9.17, 15) is 18.0 Å². The fourth-order valence-electron chi connectivity index (χ4n) is 5.31. The van der Waals surface area contributed by atoms with E-state index in [0.717, 1.165) is 31.2 Å². The summed E-state index contributed by atoms with van der Waals surface area (Å²) in [5.41, 5.74) is 1.37. The monoisotopic (exact) mass is 600 g/mol. The van der Waals surface area contributed by atoms with Crippen LogP contribution >= 0.6 is 11.3 Å². The van der Waals surface area contributed by atoms with Gasteiger partial charge in [0.15, 0.2) is 5.13 Å². The summed E-state index contributed by atoms with van der Waals surface area (Å²) < 4.78 is 33.2. The summed E-state index contributed by atoms with van der Waals surface area (Å²) in [4.78, 5) is 38.6. The molecular formula is C28H36N6O5S2. The number of anilines is 1. The first-order valence-electron chi connectivity index (χ1n) is 13.9. The van der Waals surface area contributed by atoms with Crippen LogP contribution in [0.3, 0.4) is 0 Å². The van der Waals surface area contributed by atoms with Gasteiger partial charge in [0.25, 0.3) is 0 Å². The molecule has 3 aromatic rings. The minimum absolute atomic E-state index is 0.156. The maximum Gasteiger partial charge on any atom is 0.416 e. The molecule has 2 amide bonds. The van der Waals surface area contributed by atoms with Gasteiger partial charge in [-0.3, -0.25) is 4.79 Å². The highest BCUT2D eigenvalue weighted by molar-refractivity contribution is 7.89. The second kappa shape index (κ2) is 12.4. The SMILES string of the molecule is CN1CCN(S(=O)(=O)c2ccc([C@@H](CC3CCCC3)C(=O)Nc3nc4ccc(OC(=O)N(C)C)nc4s3)cc2)CC1. The van der Waals surface area contributed by atoms with E-state index in [-0.39, 0.29) is 16.7 Å². The van der Waals surface area contributed by atoms with Crippen LogP contribution < -0.4 is 10.1 Å². The summed E-state index contributed by atoms with van der Waals surface area (Å²) in [6, 6.07) is 10.0. The normalized spacial score (nSPS) is 17.9. The zero-order valence-electron chi connectivity index (χ0n) is 23.6. The lowest BCUT2D eigenvalue weighted by Gasteiger charge is -2.31. The molecule has 2 aromatic heterocycles. The molecule has 0 unspecified atom stereocenters. The molecule has 0 bridgehead atoms. The van der Waals surface area contributed by atoms with Crippen molar-refractivity contribution in [3.63, 3.8) is 0 Å². The van der Waals surface area contributed by atoms with Crippen LogP contribution in [0.5, 0.6) is 5.88 Å². The van der Waals surface area contributed by atoms with Crippen molar-refractivity contribution in [3.8, 4) is 5.88 Å². The Balaban J connectivity index is 1.34. The number of nitrogens with one attached hydrogen (secondary N) is 1. The molecule has 2 aliphatic rings. The molecule has 1 aliphatic heterocycles. The smallest absolute Gasteiger partial charge is 0.391 e. The van der Waals surface area contributed by atoms with Crippen LogP contribution in [0.1, 0.15) is 43.6 Å². The molecule has 1 saturated carbocycles. The molecule has 220 valence electrons. The average Bonchev–Trinajstić information content (AvgIpc) is 3.61. The molecule has 1 aromatic carbocycles. The van der Waals surface area contributed by atoms with Gasteiger partial charge in [-0.25, -0.2) is 23.2 Å². The molecule has 0 radical (unpaired) electrons. The molecule has 3 heterocycles. The predicted octanol–water partition coefficient (Wildman–Crippen LogP) is 3.99. The molecule has 1 atom stereocenters. The second-order valence-electron chi connectivity index (χ2n) is 11.0. The first kappa shape index (κ1) is 29.4. The van der Waals surface area contributed by atoms with Gasteiger partial charge in [-0.1, -0.05) is 49.2 Å². The molecule has 13 heteroatoms. The predicted molar refractivity (Wildman–Crippen MR) is 158 cm³/mol. The number of carbonyl (C=O) groups excluding carboxylic acids is 2. The number of likely N-dealkylation sites (N-methyl/N-ethyl adjacent to an activating group) is 1. The Hall–Kier alpha value is -3.13. The maximum absolute atomic E-state index is 13.7. The number of fused-ring (bicyclic) bond motifs is 1. The van der Waals surface area contributed by atoms with Gasteiger partial charge in [-0.2, -0.15) is 4.31 Å². The van der Waals surface area contributed by atoms with Crippen molar-refractivity contribution in [1.82, 2.24) is 24.1 Å². The number of nitrogens with zero attached hydrogens (tertiary/aromatic N) is 5. The van der Waals surface area contributed by atoms with Gasteiger partial charge in [-0.15, -0.1) is 0 Å². The summed E-state index contributed by atoms with van der Waals surface area (Å²) in [7, 11) is 1.57. The Labute approximate surface area is 244 Å². The quantitative estimate of drug-likeness (QED) is 0.412. The van der Waals surface area contributed by atoms with Crippen LogP contribution in [0.15, 0.2) is 41.3 Å². The number of ether oxygens (including phenoxy) is 1. The van der Waals surface area contributed by atoms with E-state index in [2.05, 4.69) is 20.2 Å². The highest BCUT2D eigenvalue weighted by atomic mass is 32.2. The lowest BCUT2D eigenvalue weighted by molar-refractivity contribution is -0.118. The Morgan fingerprint density at radius 2 is 1.73 bits per heavy atom. The van der Waals surface area contributed by atoms with Crippen molar-refractivity contribution in [1.29, 1.82) is 0 Å². The van der Waals surface area contributed by atoms with Crippen LogP contribution in [-0.4, -0.2) is 91.8 Å². The Morgan fingerprint density at radius 3 is 2.39 bits per heavy atom. The van der Waals surface area contributed by atoms with Crippen LogP contribution in [0.2, 0.25) is 0 Å². The topological polar surface area (TPSA) is 125 Å². The number of carbonyl (C=O) groups is 2. The van der Waals surface area contributed by atoms with Gasteiger partial charge in [0, 0.05) is 46.3 Å². The van der Waals surface area contributed by atoms with Crippen LogP contribution in [-0.2, 0) is 14.8 Å². The van der Waals surface area contributed by atoms with Crippen molar-refractivity contribution in [2.24, 2.45) is 5.92 Å². The van der Waals surface area contributed by atoms with Crippen molar-refractivity contribution in [2.75, 3.05) is 52.6 Å². The number of pyridine rings is 1. The third-order valence-electron chi connectivity index (χ3n) is 7.76. The van der Waals surface area contributed by atoms with E-state index < -0.39 is 22.0 Å². The maximum atomic E-state index is 13.7. The number of aromatic nitrogens is 2. The number of hydrogen-bond donors (Lipinski definition) is 1. The van der Waals surface area contributed by atoms with Crippen LogP contribution in [0, 0.1) is 5.92 Å². The van der Waals surface area contributed by atoms with Crippen molar-refractivity contribution >= 4 is 48.8 Å². The summed E-state index contributed by atoms with van der Waals surface area (Å²) in [6.45, 7) is 2.32.